The fraction of sp³-hybridized carbons (Fsp3) is 0.500. The number of carbonyl (C=O) groups excluding carboxylic acids is 1. The molecule has 2 aromatic carbocycles. The molecule has 1 heterocycles. The lowest BCUT2D eigenvalue weighted by Crippen LogP contribution is -2.52. The lowest BCUT2D eigenvalue weighted by molar-refractivity contribution is 0.119. The number of amides is 2. The number of piperidine rings is 1. The third-order valence-corrected chi connectivity index (χ3v) is 7.22. The molecule has 0 bridgehead atoms. The molecular formula is C26H34ClN3O. The second kappa shape index (κ2) is 10.5. The number of urea groups is 1. The lowest BCUT2D eigenvalue weighted by atomic mass is 9.89. The first-order valence-electron chi connectivity index (χ1n) is 11.8. The van der Waals surface area contributed by atoms with Gasteiger partial charge in [-0.1, -0.05) is 42.8 Å². The molecule has 2 amide bonds. The van der Waals surface area contributed by atoms with Crippen molar-refractivity contribution in [2.45, 2.75) is 64.0 Å². The minimum absolute atomic E-state index is 0.0845. The highest BCUT2D eigenvalue weighted by Gasteiger charge is 2.35. The predicted molar refractivity (Wildman–Crippen MR) is 129 cm³/mol. The fourth-order valence-corrected chi connectivity index (χ4v) is 5.27. The van der Waals surface area contributed by atoms with Crippen molar-refractivity contribution in [1.29, 1.82) is 0 Å². The summed E-state index contributed by atoms with van der Waals surface area (Å²) in [6.45, 7) is 4.39. The van der Waals surface area contributed by atoms with Gasteiger partial charge in [-0.3, -0.25) is 4.90 Å². The molecular weight excluding hydrogens is 406 g/mol. The van der Waals surface area contributed by atoms with Crippen LogP contribution in [0.4, 0.5) is 10.5 Å². The van der Waals surface area contributed by atoms with E-state index in [2.05, 4.69) is 46.7 Å². The second-order valence-electron chi connectivity index (χ2n) is 9.06. The number of halogens is 1. The quantitative estimate of drug-likeness (QED) is 0.588. The van der Waals surface area contributed by atoms with E-state index in [9.17, 15) is 4.79 Å². The summed E-state index contributed by atoms with van der Waals surface area (Å²) in [4.78, 5) is 15.2. The Morgan fingerprint density at radius 3 is 2.32 bits per heavy atom. The minimum atomic E-state index is -0.0845. The largest absolute Gasteiger partial charge is 0.334 e. The van der Waals surface area contributed by atoms with Crippen molar-refractivity contribution in [2.24, 2.45) is 5.92 Å². The Hall–Kier alpha value is -2.04. The molecule has 2 fully saturated rings. The molecule has 1 saturated carbocycles. The summed E-state index contributed by atoms with van der Waals surface area (Å²) in [5.74, 6) is 0.736. The molecule has 1 aliphatic heterocycles. The lowest BCUT2D eigenvalue weighted by Gasteiger charge is -2.38. The van der Waals surface area contributed by atoms with Crippen LogP contribution in [-0.2, 0) is 12.8 Å². The van der Waals surface area contributed by atoms with Gasteiger partial charge in [0.25, 0.3) is 0 Å². The molecule has 2 atom stereocenters. The first-order chi connectivity index (χ1) is 15.1. The number of anilines is 1. The van der Waals surface area contributed by atoms with Gasteiger partial charge in [0, 0.05) is 22.8 Å². The number of aryl methyl sites for hydroxylation is 1. The zero-order valence-electron chi connectivity index (χ0n) is 18.4. The van der Waals surface area contributed by atoms with Crippen LogP contribution in [0.1, 0.15) is 50.2 Å². The van der Waals surface area contributed by atoms with E-state index in [1.54, 1.807) is 0 Å². The number of hydrogen-bond acceptors (Lipinski definition) is 2. The van der Waals surface area contributed by atoms with Gasteiger partial charge < -0.3 is 10.6 Å². The highest BCUT2D eigenvalue weighted by atomic mass is 35.5. The highest BCUT2D eigenvalue weighted by Crippen LogP contribution is 2.30. The standard InChI is InChI=1S/C26H34ClN3O/c1-2-19-8-12-23(13-9-19)28-26(31)29-24-4-3-5-25(24)30-16-14-21(15-17-30)18-20-6-10-22(27)11-7-20/h6-13,21,24-25H,2-5,14-18H2,1H3,(H2,28,29,31). The van der Waals surface area contributed by atoms with E-state index < -0.39 is 0 Å². The van der Waals surface area contributed by atoms with Gasteiger partial charge in [0.2, 0.25) is 0 Å². The Balaban J connectivity index is 1.25. The van der Waals surface area contributed by atoms with Crippen LogP contribution in [0.25, 0.3) is 0 Å². The molecule has 2 aliphatic rings. The van der Waals surface area contributed by atoms with Gasteiger partial charge in [0.05, 0.1) is 0 Å². The molecule has 5 heteroatoms. The van der Waals surface area contributed by atoms with Crippen molar-refractivity contribution < 1.29 is 4.79 Å². The van der Waals surface area contributed by atoms with Gasteiger partial charge in [-0.15, -0.1) is 0 Å². The van der Waals surface area contributed by atoms with Crippen LogP contribution in [0.5, 0.6) is 0 Å². The van der Waals surface area contributed by atoms with Crippen LogP contribution in [0.15, 0.2) is 48.5 Å². The molecule has 1 aliphatic carbocycles. The van der Waals surface area contributed by atoms with Crippen molar-refractivity contribution in [3.8, 4) is 0 Å². The van der Waals surface area contributed by atoms with E-state index in [-0.39, 0.29) is 12.1 Å². The molecule has 4 nitrogen and oxygen atoms in total. The Bertz CT molecular complexity index is 844. The maximum Gasteiger partial charge on any atom is 0.319 e. The smallest absolute Gasteiger partial charge is 0.319 e. The molecule has 2 aromatic rings. The minimum Gasteiger partial charge on any atom is -0.334 e. The van der Waals surface area contributed by atoms with Crippen LogP contribution >= 0.6 is 11.6 Å². The van der Waals surface area contributed by atoms with E-state index in [0.29, 0.717) is 6.04 Å². The summed E-state index contributed by atoms with van der Waals surface area (Å²) < 4.78 is 0. The van der Waals surface area contributed by atoms with E-state index in [4.69, 9.17) is 11.6 Å². The normalized spacial score (nSPS) is 22.4. The summed E-state index contributed by atoms with van der Waals surface area (Å²) in [5, 5.41) is 7.07. The average molecular weight is 440 g/mol. The second-order valence-corrected chi connectivity index (χ2v) is 9.50. The van der Waals surface area contributed by atoms with Gasteiger partial charge in [-0.25, -0.2) is 4.79 Å². The molecule has 2 unspecified atom stereocenters. The zero-order valence-corrected chi connectivity index (χ0v) is 19.2. The number of rotatable bonds is 6. The van der Waals surface area contributed by atoms with Gasteiger partial charge >= 0.3 is 6.03 Å². The van der Waals surface area contributed by atoms with E-state index in [1.807, 2.05) is 24.3 Å². The molecule has 31 heavy (non-hydrogen) atoms. The summed E-state index contributed by atoms with van der Waals surface area (Å²) in [6.07, 6.45) is 8.02. The molecule has 166 valence electrons. The van der Waals surface area contributed by atoms with Gasteiger partial charge in [0.15, 0.2) is 0 Å². The van der Waals surface area contributed by atoms with E-state index in [0.717, 1.165) is 49.0 Å². The third kappa shape index (κ3) is 6.02. The Morgan fingerprint density at radius 2 is 1.65 bits per heavy atom. The van der Waals surface area contributed by atoms with Crippen LogP contribution in [0.2, 0.25) is 5.02 Å². The van der Waals surface area contributed by atoms with Crippen LogP contribution < -0.4 is 10.6 Å². The van der Waals surface area contributed by atoms with Crippen LogP contribution in [0.3, 0.4) is 0 Å². The topological polar surface area (TPSA) is 44.4 Å². The first-order valence-corrected chi connectivity index (χ1v) is 12.1. The fourth-order valence-electron chi connectivity index (χ4n) is 5.15. The summed E-state index contributed by atoms with van der Waals surface area (Å²) in [7, 11) is 0. The Morgan fingerprint density at radius 1 is 0.968 bits per heavy atom. The molecule has 0 radical (unpaired) electrons. The van der Waals surface area contributed by atoms with Crippen LogP contribution in [0, 0.1) is 5.92 Å². The number of benzene rings is 2. The van der Waals surface area contributed by atoms with Crippen molar-refractivity contribution in [3.05, 3.63) is 64.7 Å². The monoisotopic (exact) mass is 439 g/mol. The maximum absolute atomic E-state index is 12.6. The summed E-state index contributed by atoms with van der Waals surface area (Å²) in [5.41, 5.74) is 3.51. The van der Waals surface area contributed by atoms with Crippen molar-refractivity contribution in [2.75, 3.05) is 18.4 Å². The molecule has 4 rings (SSSR count). The van der Waals surface area contributed by atoms with Gasteiger partial charge in [-0.2, -0.15) is 0 Å². The first kappa shape index (κ1) is 22.2. The van der Waals surface area contributed by atoms with Gasteiger partial charge in [-0.05, 0) is 99.3 Å². The number of carbonyl (C=O) groups is 1. The van der Waals surface area contributed by atoms with Crippen molar-refractivity contribution in [1.82, 2.24) is 10.2 Å². The maximum atomic E-state index is 12.6. The molecule has 0 spiro atoms. The third-order valence-electron chi connectivity index (χ3n) is 6.97. The SMILES string of the molecule is CCc1ccc(NC(=O)NC2CCCC2N2CCC(Cc3ccc(Cl)cc3)CC2)cc1. The summed E-state index contributed by atoms with van der Waals surface area (Å²) in [6, 6.07) is 17.0. The Kier molecular flexibility index (Phi) is 7.52. The zero-order chi connectivity index (χ0) is 21.6. The Labute approximate surface area is 191 Å². The van der Waals surface area contributed by atoms with Gasteiger partial charge in [0.1, 0.15) is 0 Å². The van der Waals surface area contributed by atoms with E-state index >= 15 is 0 Å². The number of hydrogen-bond donors (Lipinski definition) is 2. The van der Waals surface area contributed by atoms with Crippen LogP contribution in [-0.4, -0.2) is 36.1 Å². The number of nitrogens with zero attached hydrogens (tertiary/aromatic N) is 1. The average Bonchev–Trinajstić information content (AvgIpc) is 3.24. The molecule has 2 N–H and O–H groups in total. The summed E-state index contributed by atoms with van der Waals surface area (Å²) >= 11 is 6.01. The molecule has 1 saturated heterocycles. The van der Waals surface area contributed by atoms with E-state index in [1.165, 1.54) is 36.8 Å². The van der Waals surface area contributed by atoms with Crippen molar-refractivity contribution >= 4 is 23.3 Å². The number of nitrogens with one attached hydrogen (secondary N) is 2. The number of likely N-dealkylation sites (tertiary alicyclic amines) is 1. The van der Waals surface area contributed by atoms with Crippen molar-refractivity contribution in [3.63, 3.8) is 0 Å². The molecule has 0 aromatic heterocycles. The highest BCUT2D eigenvalue weighted by molar-refractivity contribution is 6.30. The predicted octanol–water partition coefficient (Wildman–Crippen LogP) is 5.90.